The first-order valence-electron chi connectivity index (χ1n) is 7.38. The van der Waals surface area contributed by atoms with Gasteiger partial charge < -0.3 is 5.11 Å². The van der Waals surface area contributed by atoms with Gasteiger partial charge in [0.1, 0.15) is 5.75 Å². The maximum absolute atomic E-state index is 9.36. The van der Waals surface area contributed by atoms with E-state index in [1.54, 1.807) is 12.1 Å². The lowest BCUT2D eigenvalue weighted by Gasteiger charge is -2.16. The van der Waals surface area contributed by atoms with Crippen LogP contribution < -0.4 is 0 Å². The van der Waals surface area contributed by atoms with Gasteiger partial charge in [0.2, 0.25) is 0 Å². The van der Waals surface area contributed by atoms with Crippen LogP contribution in [0.1, 0.15) is 61.8 Å². The van der Waals surface area contributed by atoms with Crippen LogP contribution in [0, 0.1) is 0 Å². The van der Waals surface area contributed by atoms with E-state index in [0.29, 0.717) is 17.6 Å². The zero-order chi connectivity index (χ0) is 14.7. The second kappa shape index (κ2) is 6.13. The monoisotopic (exact) mass is 268 g/mol. The lowest BCUT2D eigenvalue weighted by atomic mass is 9.89. The standard InChI is InChI=1S/C19H24O/c1-13(2)16-7-8-17(19(12-16)14(3)4)11-15-5-9-18(20)10-6-15/h5-10,12-14,20H,11H2,1-4H3. The number of benzene rings is 2. The van der Waals surface area contributed by atoms with Crippen molar-refractivity contribution in [2.45, 2.75) is 46.0 Å². The highest BCUT2D eigenvalue weighted by Crippen LogP contribution is 2.27. The first-order chi connectivity index (χ1) is 9.47. The third-order valence-corrected chi connectivity index (χ3v) is 3.79. The summed E-state index contributed by atoms with van der Waals surface area (Å²) in [6.07, 6.45) is 0.923. The zero-order valence-electron chi connectivity index (χ0n) is 12.9. The summed E-state index contributed by atoms with van der Waals surface area (Å²) in [6.45, 7) is 8.97. The van der Waals surface area contributed by atoms with E-state index in [1.807, 2.05) is 12.1 Å². The van der Waals surface area contributed by atoms with Gasteiger partial charge in [-0.05, 0) is 52.6 Å². The van der Waals surface area contributed by atoms with E-state index in [0.717, 1.165) is 6.42 Å². The summed E-state index contributed by atoms with van der Waals surface area (Å²) in [5.74, 6) is 1.42. The van der Waals surface area contributed by atoms with Crippen LogP contribution in [0.3, 0.4) is 0 Å². The molecule has 0 radical (unpaired) electrons. The van der Waals surface area contributed by atoms with Crippen LogP contribution in [0.4, 0.5) is 0 Å². The third-order valence-electron chi connectivity index (χ3n) is 3.79. The quantitative estimate of drug-likeness (QED) is 0.805. The van der Waals surface area contributed by atoms with Crippen LogP contribution in [0.2, 0.25) is 0 Å². The van der Waals surface area contributed by atoms with Gasteiger partial charge >= 0.3 is 0 Å². The van der Waals surface area contributed by atoms with Crippen LogP contribution in [0.15, 0.2) is 42.5 Å². The highest BCUT2D eigenvalue weighted by molar-refractivity contribution is 5.39. The van der Waals surface area contributed by atoms with E-state index < -0.39 is 0 Å². The molecular weight excluding hydrogens is 244 g/mol. The minimum Gasteiger partial charge on any atom is -0.508 e. The molecule has 2 aromatic carbocycles. The summed E-state index contributed by atoms with van der Waals surface area (Å²) < 4.78 is 0. The highest BCUT2D eigenvalue weighted by Gasteiger charge is 2.10. The van der Waals surface area contributed by atoms with Crippen LogP contribution in [0.5, 0.6) is 5.75 Å². The summed E-state index contributed by atoms with van der Waals surface area (Å²) in [5.41, 5.74) is 5.46. The second-order valence-electron chi connectivity index (χ2n) is 6.11. The van der Waals surface area contributed by atoms with Crippen molar-refractivity contribution in [3.05, 3.63) is 64.7 Å². The first-order valence-corrected chi connectivity index (χ1v) is 7.38. The van der Waals surface area contributed by atoms with Crippen molar-refractivity contribution < 1.29 is 5.11 Å². The summed E-state index contributed by atoms with van der Waals surface area (Å²) in [6, 6.07) is 14.4. The maximum Gasteiger partial charge on any atom is 0.115 e. The van der Waals surface area contributed by atoms with Crippen molar-refractivity contribution in [2.24, 2.45) is 0 Å². The minimum absolute atomic E-state index is 0.327. The van der Waals surface area contributed by atoms with Gasteiger partial charge in [0, 0.05) is 0 Å². The van der Waals surface area contributed by atoms with Gasteiger partial charge in [0.15, 0.2) is 0 Å². The molecule has 0 heterocycles. The van der Waals surface area contributed by atoms with Gasteiger partial charge in [0.05, 0.1) is 0 Å². The Bertz CT molecular complexity index is 565. The number of phenols is 1. The Morgan fingerprint density at radius 2 is 1.50 bits per heavy atom. The second-order valence-corrected chi connectivity index (χ2v) is 6.11. The average molecular weight is 268 g/mol. The molecule has 0 aliphatic rings. The molecule has 0 unspecified atom stereocenters. The summed E-state index contributed by atoms with van der Waals surface area (Å²) in [4.78, 5) is 0. The summed E-state index contributed by atoms with van der Waals surface area (Å²) in [7, 11) is 0. The molecule has 0 saturated carbocycles. The van der Waals surface area contributed by atoms with Crippen LogP contribution >= 0.6 is 0 Å². The fraction of sp³-hybridized carbons (Fsp3) is 0.368. The fourth-order valence-corrected chi connectivity index (χ4v) is 2.50. The lowest BCUT2D eigenvalue weighted by molar-refractivity contribution is 0.475. The molecule has 2 rings (SSSR count). The van der Waals surface area contributed by atoms with Crippen LogP contribution in [0.25, 0.3) is 0 Å². The molecule has 1 nitrogen and oxygen atoms in total. The molecule has 0 saturated heterocycles. The van der Waals surface area contributed by atoms with Crippen LogP contribution in [-0.4, -0.2) is 5.11 Å². The van der Waals surface area contributed by atoms with Gasteiger partial charge in [-0.25, -0.2) is 0 Å². The normalized spacial score (nSPS) is 11.3. The number of phenolic OH excluding ortho intramolecular Hbond substituents is 1. The van der Waals surface area contributed by atoms with Gasteiger partial charge in [-0.15, -0.1) is 0 Å². The van der Waals surface area contributed by atoms with E-state index in [-0.39, 0.29) is 0 Å². The Morgan fingerprint density at radius 3 is 2.05 bits per heavy atom. The molecule has 0 aromatic heterocycles. The number of hydrogen-bond acceptors (Lipinski definition) is 1. The molecule has 0 fully saturated rings. The Balaban J connectivity index is 2.33. The molecule has 0 bridgehead atoms. The summed E-state index contributed by atoms with van der Waals surface area (Å²) >= 11 is 0. The number of rotatable bonds is 4. The van der Waals surface area contributed by atoms with Crippen molar-refractivity contribution in [1.82, 2.24) is 0 Å². The molecule has 1 N–H and O–H groups in total. The van der Waals surface area contributed by atoms with Crippen molar-refractivity contribution in [1.29, 1.82) is 0 Å². The smallest absolute Gasteiger partial charge is 0.115 e. The van der Waals surface area contributed by atoms with E-state index in [9.17, 15) is 5.11 Å². The predicted octanol–water partition coefficient (Wildman–Crippen LogP) is 5.23. The third kappa shape index (κ3) is 3.41. The number of aromatic hydroxyl groups is 1. The van der Waals surface area contributed by atoms with Gasteiger partial charge in [-0.1, -0.05) is 58.0 Å². The Kier molecular flexibility index (Phi) is 4.49. The molecular formula is C19H24O. The number of hydrogen-bond donors (Lipinski definition) is 1. The molecule has 0 amide bonds. The molecule has 0 spiro atoms. The van der Waals surface area contributed by atoms with E-state index in [2.05, 4.69) is 45.9 Å². The largest absolute Gasteiger partial charge is 0.508 e. The SMILES string of the molecule is CC(C)c1ccc(Cc2ccc(O)cc2)c(C(C)C)c1. The first kappa shape index (κ1) is 14.6. The van der Waals surface area contributed by atoms with Gasteiger partial charge in [-0.3, -0.25) is 0 Å². The lowest BCUT2D eigenvalue weighted by Crippen LogP contribution is -2.00. The molecule has 0 aliphatic heterocycles. The Hall–Kier alpha value is -1.76. The van der Waals surface area contributed by atoms with Gasteiger partial charge in [0.25, 0.3) is 0 Å². The predicted molar refractivity (Wildman–Crippen MR) is 85.5 cm³/mol. The van der Waals surface area contributed by atoms with Crippen molar-refractivity contribution in [2.75, 3.05) is 0 Å². The van der Waals surface area contributed by atoms with E-state index in [4.69, 9.17) is 0 Å². The van der Waals surface area contributed by atoms with Crippen molar-refractivity contribution in [3.8, 4) is 5.75 Å². The molecule has 0 atom stereocenters. The van der Waals surface area contributed by atoms with Crippen molar-refractivity contribution >= 4 is 0 Å². The Labute approximate surface area is 122 Å². The fourth-order valence-electron chi connectivity index (χ4n) is 2.50. The van der Waals surface area contributed by atoms with E-state index in [1.165, 1.54) is 22.3 Å². The molecule has 1 heteroatoms. The van der Waals surface area contributed by atoms with Crippen molar-refractivity contribution in [3.63, 3.8) is 0 Å². The topological polar surface area (TPSA) is 20.2 Å². The molecule has 20 heavy (non-hydrogen) atoms. The average Bonchev–Trinajstić information content (AvgIpc) is 2.41. The van der Waals surface area contributed by atoms with Crippen LogP contribution in [-0.2, 0) is 6.42 Å². The Morgan fingerprint density at radius 1 is 0.850 bits per heavy atom. The van der Waals surface area contributed by atoms with Gasteiger partial charge in [-0.2, -0.15) is 0 Å². The maximum atomic E-state index is 9.36. The highest BCUT2D eigenvalue weighted by atomic mass is 16.3. The summed E-state index contributed by atoms with van der Waals surface area (Å²) in [5, 5.41) is 9.36. The molecule has 106 valence electrons. The minimum atomic E-state index is 0.327. The van der Waals surface area contributed by atoms with E-state index >= 15 is 0 Å². The molecule has 2 aromatic rings. The molecule has 0 aliphatic carbocycles. The zero-order valence-corrected chi connectivity index (χ0v) is 12.9.